The summed E-state index contributed by atoms with van der Waals surface area (Å²) in [4.78, 5) is 5.99. The minimum absolute atomic E-state index is 0.437. The van der Waals surface area contributed by atoms with Gasteiger partial charge in [-0.15, -0.1) is 11.3 Å². The summed E-state index contributed by atoms with van der Waals surface area (Å²) in [7, 11) is 2.01. The predicted octanol–water partition coefficient (Wildman–Crippen LogP) is 3.72. The van der Waals surface area contributed by atoms with Crippen LogP contribution in [-0.2, 0) is 0 Å². The lowest BCUT2D eigenvalue weighted by atomic mass is 9.83. The van der Waals surface area contributed by atoms with Gasteiger partial charge in [-0.3, -0.25) is 0 Å². The Morgan fingerprint density at radius 3 is 3.00 bits per heavy atom. The summed E-state index contributed by atoms with van der Waals surface area (Å²) in [6.45, 7) is 4.57. The maximum absolute atomic E-state index is 4.62. The minimum atomic E-state index is 0.437. The Bertz CT molecular complexity index is 334. The topological polar surface area (TPSA) is 24.9 Å². The normalized spacial score (nSPS) is 27.9. The van der Waals surface area contributed by atoms with Gasteiger partial charge in [-0.25, -0.2) is 4.98 Å². The van der Waals surface area contributed by atoms with E-state index in [9.17, 15) is 0 Å². The van der Waals surface area contributed by atoms with Crippen LogP contribution in [0.3, 0.4) is 0 Å². The fourth-order valence-electron chi connectivity index (χ4n) is 2.49. The third-order valence-electron chi connectivity index (χ3n) is 3.69. The molecule has 0 aromatic carbocycles. The first-order valence-corrected chi connectivity index (χ1v) is 7.15. The van der Waals surface area contributed by atoms with Gasteiger partial charge in [0.25, 0.3) is 0 Å². The molecule has 1 saturated carbocycles. The molecular formula is C13H22N2S. The number of thiazole rings is 1. The number of aromatic nitrogens is 1. The van der Waals surface area contributed by atoms with Crippen molar-refractivity contribution in [3.8, 4) is 0 Å². The van der Waals surface area contributed by atoms with Crippen molar-refractivity contribution in [1.82, 2.24) is 10.3 Å². The van der Waals surface area contributed by atoms with Crippen LogP contribution in [-0.4, -0.2) is 12.0 Å². The van der Waals surface area contributed by atoms with Crippen molar-refractivity contribution in [1.29, 1.82) is 0 Å². The first-order chi connectivity index (χ1) is 7.70. The molecule has 1 aromatic heterocycles. The van der Waals surface area contributed by atoms with Gasteiger partial charge in [-0.2, -0.15) is 0 Å². The third kappa shape index (κ3) is 2.64. The van der Waals surface area contributed by atoms with Gasteiger partial charge in [0, 0.05) is 23.0 Å². The van der Waals surface area contributed by atoms with Crippen LogP contribution in [0, 0.1) is 5.92 Å². The van der Waals surface area contributed by atoms with Crippen LogP contribution < -0.4 is 5.32 Å². The maximum atomic E-state index is 4.62. The average Bonchev–Trinajstić information content (AvgIpc) is 2.77. The van der Waals surface area contributed by atoms with Crippen molar-refractivity contribution in [3.05, 3.63) is 16.1 Å². The Kier molecular flexibility index (Phi) is 3.98. The smallest absolute Gasteiger partial charge is 0.0959 e. The Morgan fingerprint density at radius 2 is 2.31 bits per heavy atom. The van der Waals surface area contributed by atoms with E-state index >= 15 is 0 Å². The number of rotatable bonds is 3. The fraction of sp³-hybridized carbons (Fsp3) is 0.769. The molecule has 0 saturated heterocycles. The molecule has 1 aromatic rings. The van der Waals surface area contributed by atoms with Gasteiger partial charge < -0.3 is 5.32 Å². The molecule has 1 aliphatic carbocycles. The van der Waals surface area contributed by atoms with Crippen LogP contribution in [0.2, 0.25) is 0 Å². The molecule has 1 heterocycles. The van der Waals surface area contributed by atoms with Gasteiger partial charge in [-0.05, 0) is 32.7 Å². The van der Waals surface area contributed by atoms with Crippen LogP contribution in [0.25, 0.3) is 0 Å². The van der Waals surface area contributed by atoms with Crippen molar-refractivity contribution in [3.63, 3.8) is 0 Å². The third-order valence-corrected chi connectivity index (χ3v) is 5.03. The molecule has 3 unspecified atom stereocenters. The molecule has 2 rings (SSSR count). The van der Waals surface area contributed by atoms with E-state index in [-0.39, 0.29) is 0 Å². The predicted molar refractivity (Wildman–Crippen MR) is 70.0 cm³/mol. The van der Waals surface area contributed by atoms with Gasteiger partial charge in [0.05, 0.1) is 5.01 Å². The van der Waals surface area contributed by atoms with E-state index < -0.39 is 0 Å². The van der Waals surface area contributed by atoms with Crippen LogP contribution in [0.5, 0.6) is 0 Å². The average molecular weight is 238 g/mol. The summed E-state index contributed by atoms with van der Waals surface area (Å²) in [5, 5.41) is 4.64. The molecule has 0 aliphatic heterocycles. The van der Waals surface area contributed by atoms with Crippen molar-refractivity contribution >= 4 is 11.3 Å². The molecule has 2 nitrogen and oxygen atoms in total. The number of hydrogen-bond acceptors (Lipinski definition) is 3. The second-order valence-corrected chi connectivity index (χ2v) is 6.17. The fourth-order valence-corrected chi connectivity index (χ4v) is 3.62. The second-order valence-electron chi connectivity index (χ2n) is 5.08. The molecule has 1 N–H and O–H groups in total. The van der Waals surface area contributed by atoms with E-state index in [0.717, 1.165) is 11.8 Å². The van der Waals surface area contributed by atoms with E-state index in [1.165, 1.54) is 35.6 Å². The van der Waals surface area contributed by atoms with Crippen LogP contribution in [0.15, 0.2) is 6.20 Å². The van der Waals surface area contributed by atoms with Crippen molar-refractivity contribution < 1.29 is 0 Å². The summed E-state index contributed by atoms with van der Waals surface area (Å²) >= 11 is 1.90. The van der Waals surface area contributed by atoms with Crippen LogP contribution in [0.4, 0.5) is 0 Å². The standard InChI is InChI=1S/C13H22N2S/c1-9-5-4-6-11(7-9)13-15-8-12(16-13)10(2)14-3/h8-11,14H,4-7H2,1-3H3. The van der Waals surface area contributed by atoms with E-state index in [1.54, 1.807) is 0 Å². The highest BCUT2D eigenvalue weighted by Crippen LogP contribution is 2.38. The van der Waals surface area contributed by atoms with Gasteiger partial charge in [0.2, 0.25) is 0 Å². The first kappa shape index (κ1) is 12.1. The summed E-state index contributed by atoms with van der Waals surface area (Å²) in [5.74, 6) is 1.61. The highest BCUT2D eigenvalue weighted by molar-refractivity contribution is 7.11. The molecule has 3 heteroatoms. The van der Waals surface area contributed by atoms with E-state index in [4.69, 9.17) is 0 Å². The van der Waals surface area contributed by atoms with E-state index in [1.807, 2.05) is 18.4 Å². The molecule has 0 radical (unpaired) electrons. The van der Waals surface area contributed by atoms with Gasteiger partial charge in [-0.1, -0.05) is 19.8 Å². The SMILES string of the molecule is CNC(C)c1cnc(C2CCCC(C)C2)s1. The summed E-state index contributed by atoms with van der Waals surface area (Å²) in [6.07, 6.45) is 7.51. The molecule has 1 aliphatic rings. The summed E-state index contributed by atoms with van der Waals surface area (Å²) in [6, 6.07) is 0.437. The molecule has 90 valence electrons. The minimum Gasteiger partial charge on any atom is -0.312 e. The second kappa shape index (κ2) is 5.28. The Labute approximate surface area is 102 Å². The Balaban J connectivity index is 2.06. The lowest BCUT2D eigenvalue weighted by Gasteiger charge is -2.24. The highest BCUT2D eigenvalue weighted by atomic mass is 32.1. The van der Waals surface area contributed by atoms with Crippen molar-refractivity contribution in [2.75, 3.05) is 7.05 Å². The zero-order valence-electron chi connectivity index (χ0n) is 10.5. The van der Waals surface area contributed by atoms with E-state index in [2.05, 4.69) is 30.3 Å². The summed E-state index contributed by atoms with van der Waals surface area (Å²) in [5.41, 5.74) is 0. The molecule has 3 atom stereocenters. The van der Waals surface area contributed by atoms with Crippen molar-refractivity contribution in [2.45, 2.75) is 51.5 Å². The quantitative estimate of drug-likeness (QED) is 0.868. The molecule has 0 spiro atoms. The molecular weight excluding hydrogens is 216 g/mol. The largest absolute Gasteiger partial charge is 0.312 e. The summed E-state index contributed by atoms with van der Waals surface area (Å²) < 4.78 is 0. The Hall–Kier alpha value is -0.410. The Morgan fingerprint density at radius 1 is 1.50 bits per heavy atom. The molecule has 0 bridgehead atoms. The van der Waals surface area contributed by atoms with Crippen LogP contribution >= 0.6 is 11.3 Å². The zero-order valence-corrected chi connectivity index (χ0v) is 11.3. The van der Waals surface area contributed by atoms with Gasteiger partial charge in [0.15, 0.2) is 0 Å². The monoisotopic (exact) mass is 238 g/mol. The van der Waals surface area contributed by atoms with Gasteiger partial charge >= 0.3 is 0 Å². The molecule has 16 heavy (non-hydrogen) atoms. The maximum Gasteiger partial charge on any atom is 0.0959 e. The van der Waals surface area contributed by atoms with Crippen LogP contribution in [0.1, 0.15) is 61.4 Å². The lowest BCUT2D eigenvalue weighted by molar-refractivity contribution is 0.343. The zero-order chi connectivity index (χ0) is 11.5. The first-order valence-electron chi connectivity index (χ1n) is 6.33. The van der Waals surface area contributed by atoms with Gasteiger partial charge in [0.1, 0.15) is 0 Å². The number of nitrogens with one attached hydrogen (secondary N) is 1. The lowest BCUT2D eigenvalue weighted by Crippen LogP contribution is -2.11. The molecule has 0 amide bonds. The molecule has 1 fully saturated rings. The highest BCUT2D eigenvalue weighted by Gasteiger charge is 2.23. The number of hydrogen-bond donors (Lipinski definition) is 1. The van der Waals surface area contributed by atoms with E-state index in [0.29, 0.717) is 6.04 Å². The number of nitrogens with zero attached hydrogens (tertiary/aromatic N) is 1. The van der Waals surface area contributed by atoms with Crippen molar-refractivity contribution in [2.24, 2.45) is 5.92 Å².